The van der Waals surface area contributed by atoms with E-state index >= 15 is 0 Å². The van der Waals surface area contributed by atoms with Gasteiger partial charge < -0.3 is 19.2 Å². The molecule has 1 atom stereocenters. The fourth-order valence-electron chi connectivity index (χ4n) is 3.08. The molecular weight excluding hydrogens is 402 g/mol. The van der Waals surface area contributed by atoms with Gasteiger partial charge in [0.2, 0.25) is 11.8 Å². The van der Waals surface area contributed by atoms with Crippen LogP contribution >= 0.6 is 11.6 Å². The second-order valence-electron chi connectivity index (χ2n) is 6.51. The van der Waals surface area contributed by atoms with Gasteiger partial charge in [0.15, 0.2) is 11.5 Å². The van der Waals surface area contributed by atoms with Gasteiger partial charge in [-0.1, -0.05) is 41.9 Å². The zero-order valence-electron chi connectivity index (χ0n) is 16.5. The van der Waals surface area contributed by atoms with Crippen molar-refractivity contribution in [2.75, 3.05) is 19.5 Å². The van der Waals surface area contributed by atoms with Crippen molar-refractivity contribution in [2.24, 2.45) is 0 Å². The Kier molecular flexibility index (Phi) is 5.86. The van der Waals surface area contributed by atoms with Crippen LogP contribution in [0, 0.1) is 0 Å². The van der Waals surface area contributed by atoms with Crippen LogP contribution in [-0.2, 0) is 0 Å². The lowest BCUT2D eigenvalue weighted by atomic mass is 10.1. The van der Waals surface area contributed by atoms with Gasteiger partial charge in [-0.2, -0.15) is 0 Å². The Balaban J connectivity index is 1.71. The quantitative estimate of drug-likeness (QED) is 0.418. The first-order valence-electron chi connectivity index (χ1n) is 9.31. The van der Waals surface area contributed by atoms with E-state index in [9.17, 15) is 0 Å². The van der Waals surface area contributed by atoms with E-state index in [4.69, 9.17) is 25.5 Å². The molecule has 0 saturated heterocycles. The van der Waals surface area contributed by atoms with E-state index in [0.717, 1.165) is 16.8 Å². The number of aromatic nitrogens is 2. The van der Waals surface area contributed by atoms with Gasteiger partial charge in [0.1, 0.15) is 6.04 Å². The summed E-state index contributed by atoms with van der Waals surface area (Å²) >= 11 is 6.08. The molecule has 0 aliphatic rings. The third-order valence-corrected chi connectivity index (χ3v) is 4.86. The number of hydrogen-bond acceptors (Lipinski definition) is 6. The van der Waals surface area contributed by atoms with E-state index in [-0.39, 0.29) is 6.04 Å². The maximum Gasteiger partial charge on any atom is 0.247 e. The van der Waals surface area contributed by atoms with E-state index in [1.54, 1.807) is 14.2 Å². The third kappa shape index (κ3) is 4.23. The summed E-state index contributed by atoms with van der Waals surface area (Å²) in [4.78, 5) is 0. The van der Waals surface area contributed by atoms with Crippen LogP contribution in [0.25, 0.3) is 11.5 Å². The van der Waals surface area contributed by atoms with Crippen molar-refractivity contribution in [2.45, 2.75) is 6.04 Å². The van der Waals surface area contributed by atoms with E-state index in [1.165, 1.54) is 0 Å². The molecular formula is C23H20ClN3O3. The van der Waals surface area contributed by atoms with Gasteiger partial charge in [-0.15, -0.1) is 10.2 Å². The molecule has 0 aliphatic heterocycles. The highest BCUT2D eigenvalue weighted by atomic mass is 35.5. The van der Waals surface area contributed by atoms with Gasteiger partial charge in [0, 0.05) is 22.3 Å². The van der Waals surface area contributed by atoms with E-state index < -0.39 is 0 Å². The van der Waals surface area contributed by atoms with Crippen molar-refractivity contribution >= 4 is 17.3 Å². The first kappa shape index (κ1) is 19.8. The fourth-order valence-corrected chi connectivity index (χ4v) is 3.21. The number of ether oxygens (including phenoxy) is 2. The first-order valence-corrected chi connectivity index (χ1v) is 9.68. The highest BCUT2D eigenvalue weighted by Gasteiger charge is 2.22. The van der Waals surface area contributed by atoms with Crippen molar-refractivity contribution < 1.29 is 13.9 Å². The van der Waals surface area contributed by atoms with Crippen LogP contribution in [0.4, 0.5) is 5.69 Å². The molecule has 152 valence electrons. The molecule has 0 radical (unpaired) electrons. The lowest BCUT2D eigenvalue weighted by Gasteiger charge is -2.18. The first-order chi connectivity index (χ1) is 14.7. The summed E-state index contributed by atoms with van der Waals surface area (Å²) in [6.45, 7) is 0. The van der Waals surface area contributed by atoms with Crippen molar-refractivity contribution in [1.29, 1.82) is 0 Å². The van der Waals surface area contributed by atoms with E-state index in [0.29, 0.717) is 28.3 Å². The summed E-state index contributed by atoms with van der Waals surface area (Å²) in [6, 6.07) is 22.4. The van der Waals surface area contributed by atoms with Crippen LogP contribution < -0.4 is 14.8 Å². The smallest absolute Gasteiger partial charge is 0.247 e. The average Bonchev–Trinajstić information content (AvgIpc) is 3.28. The summed E-state index contributed by atoms with van der Waals surface area (Å²) < 4.78 is 16.8. The standard InChI is InChI=1S/C23H20ClN3O3/c1-28-19-13-12-18(14-20(19)29-2)25-21(15-8-10-17(24)11-9-15)23-27-26-22(30-23)16-6-4-3-5-7-16/h3-14,21,25H,1-2H3/t21-/m0/s1. The van der Waals surface area contributed by atoms with Gasteiger partial charge in [-0.3, -0.25) is 0 Å². The van der Waals surface area contributed by atoms with Crippen LogP contribution in [-0.4, -0.2) is 24.4 Å². The Bertz CT molecular complexity index is 1110. The number of rotatable bonds is 7. The van der Waals surface area contributed by atoms with Gasteiger partial charge in [0.25, 0.3) is 0 Å². The van der Waals surface area contributed by atoms with Gasteiger partial charge >= 0.3 is 0 Å². The van der Waals surface area contributed by atoms with Crippen molar-refractivity contribution in [3.63, 3.8) is 0 Å². The summed E-state index contributed by atoms with van der Waals surface area (Å²) in [6.07, 6.45) is 0. The molecule has 0 unspecified atom stereocenters. The Morgan fingerprint density at radius 1 is 0.867 bits per heavy atom. The topological polar surface area (TPSA) is 69.4 Å². The molecule has 1 aromatic heterocycles. The monoisotopic (exact) mass is 421 g/mol. The lowest BCUT2D eigenvalue weighted by Crippen LogP contribution is -2.13. The second-order valence-corrected chi connectivity index (χ2v) is 6.95. The summed E-state index contributed by atoms with van der Waals surface area (Å²) in [5.41, 5.74) is 2.60. The van der Waals surface area contributed by atoms with Gasteiger partial charge in [-0.25, -0.2) is 0 Å². The fraction of sp³-hybridized carbons (Fsp3) is 0.130. The van der Waals surface area contributed by atoms with Gasteiger partial charge in [0.05, 0.1) is 14.2 Å². The molecule has 0 fully saturated rings. The number of benzene rings is 3. The zero-order chi connectivity index (χ0) is 20.9. The van der Waals surface area contributed by atoms with Crippen molar-refractivity contribution in [3.05, 3.63) is 89.3 Å². The van der Waals surface area contributed by atoms with Crippen LogP contribution in [0.3, 0.4) is 0 Å². The molecule has 1 heterocycles. The number of anilines is 1. The molecule has 4 rings (SSSR count). The molecule has 7 heteroatoms. The lowest BCUT2D eigenvalue weighted by molar-refractivity contribution is 0.355. The molecule has 30 heavy (non-hydrogen) atoms. The number of nitrogens with one attached hydrogen (secondary N) is 1. The minimum Gasteiger partial charge on any atom is -0.493 e. The molecule has 1 N–H and O–H groups in total. The number of halogens is 1. The number of methoxy groups -OCH3 is 2. The van der Waals surface area contributed by atoms with Crippen LogP contribution in [0.2, 0.25) is 5.02 Å². The Morgan fingerprint density at radius 2 is 1.60 bits per heavy atom. The second kappa shape index (κ2) is 8.88. The molecule has 0 aliphatic carbocycles. The molecule has 6 nitrogen and oxygen atoms in total. The predicted octanol–water partition coefficient (Wildman–Crippen LogP) is 5.61. The van der Waals surface area contributed by atoms with E-state index in [2.05, 4.69) is 15.5 Å². The Hall–Kier alpha value is -3.51. The van der Waals surface area contributed by atoms with Crippen LogP contribution in [0.15, 0.2) is 77.2 Å². The SMILES string of the molecule is COc1ccc(N[C@@H](c2ccc(Cl)cc2)c2nnc(-c3ccccc3)o2)cc1OC. The molecule has 4 aromatic rings. The zero-order valence-corrected chi connectivity index (χ0v) is 17.3. The van der Waals surface area contributed by atoms with Crippen molar-refractivity contribution in [3.8, 4) is 23.0 Å². The predicted molar refractivity (Wildman–Crippen MR) is 116 cm³/mol. The maximum absolute atomic E-state index is 6.08. The minimum atomic E-state index is -0.384. The molecule has 0 bridgehead atoms. The highest BCUT2D eigenvalue weighted by molar-refractivity contribution is 6.30. The van der Waals surface area contributed by atoms with Crippen LogP contribution in [0.5, 0.6) is 11.5 Å². The maximum atomic E-state index is 6.08. The number of nitrogens with zero attached hydrogens (tertiary/aromatic N) is 2. The highest BCUT2D eigenvalue weighted by Crippen LogP contribution is 2.34. The van der Waals surface area contributed by atoms with Crippen molar-refractivity contribution in [1.82, 2.24) is 10.2 Å². The Morgan fingerprint density at radius 3 is 2.30 bits per heavy atom. The third-order valence-electron chi connectivity index (χ3n) is 4.61. The summed E-state index contributed by atoms with van der Waals surface area (Å²) in [5.74, 6) is 2.16. The molecule has 0 amide bonds. The molecule has 0 spiro atoms. The normalized spacial score (nSPS) is 11.7. The minimum absolute atomic E-state index is 0.384. The van der Waals surface area contributed by atoms with Crippen LogP contribution in [0.1, 0.15) is 17.5 Å². The Labute approximate surface area is 179 Å². The average molecular weight is 422 g/mol. The number of hydrogen-bond donors (Lipinski definition) is 1. The molecule has 0 saturated carbocycles. The molecule has 3 aromatic carbocycles. The van der Waals surface area contributed by atoms with Gasteiger partial charge in [-0.05, 0) is 42.0 Å². The largest absolute Gasteiger partial charge is 0.493 e. The summed E-state index contributed by atoms with van der Waals surface area (Å²) in [5, 5.41) is 12.6. The van der Waals surface area contributed by atoms with E-state index in [1.807, 2.05) is 72.8 Å². The summed E-state index contributed by atoms with van der Waals surface area (Å²) in [7, 11) is 3.20.